The number of hydrogen-bond acceptors (Lipinski definition) is 7. The quantitative estimate of drug-likeness (QED) is 0.439. The lowest BCUT2D eigenvalue weighted by molar-refractivity contribution is -0.351. The van der Waals surface area contributed by atoms with Crippen molar-refractivity contribution in [2.75, 3.05) is 19.5 Å². The van der Waals surface area contributed by atoms with Crippen molar-refractivity contribution in [3.05, 3.63) is 58.4 Å². The van der Waals surface area contributed by atoms with Gasteiger partial charge in [0.05, 0.1) is 37.6 Å². The molecule has 0 unspecified atom stereocenters. The summed E-state index contributed by atoms with van der Waals surface area (Å²) in [5, 5.41) is 14.4. The second-order valence-electron chi connectivity index (χ2n) is 8.07. The summed E-state index contributed by atoms with van der Waals surface area (Å²) < 4.78 is 27.3. The van der Waals surface area contributed by atoms with Crippen LogP contribution in [-0.4, -0.2) is 44.1 Å². The lowest BCUT2D eigenvalue weighted by Crippen LogP contribution is -2.30. The normalized spacial score (nSPS) is 15.8. The molecule has 0 bridgehead atoms. The Bertz CT molecular complexity index is 1390. The first-order chi connectivity index (χ1) is 16.5. The third-order valence-corrected chi connectivity index (χ3v) is 5.86. The number of pyridine rings is 1. The predicted octanol–water partition coefficient (Wildman–Crippen LogP) is 1.44. The lowest BCUT2D eigenvalue weighted by Gasteiger charge is -2.11. The molecule has 11 heteroatoms. The van der Waals surface area contributed by atoms with Crippen molar-refractivity contribution >= 4 is 11.6 Å². The van der Waals surface area contributed by atoms with Crippen molar-refractivity contribution in [2.24, 2.45) is 0 Å². The van der Waals surface area contributed by atoms with Gasteiger partial charge in [0.2, 0.25) is 11.5 Å². The number of fused-ring (bicyclic) bond motifs is 1. The van der Waals surface area contributed by atoms with Gasteiger partial charge in [0, 0.05) is 18.2 Å². The molecule has 3 aromatic heterocycles. The monoisotopic (exact) mass is 467 g/mol. The van der Waals surface area contributed by atoms with E-state index >= 15 is 0 Å². The van der Waals surface area contributed by atoms with E-state index in [9.17, 15) is 14.3 Å². The summed E-state index contributed by atoms with van der Waals surface area (Å²) >= 11 is 0. The summed E-state index contributed by atoms with van der Waals surface area (Å²) in [5.41, 5.74) is 8.81. The first-order valence-corrected chi connectivity index (χ1v) is 10.9. The molecule has 4 N–H and O–H groups in total. The number of aliphatic hydroxyl groups is 1. The number of benzene rings is 1. The number of halogens is 1. The van der Waals surface area contributed by atoms with E-state index < -0.39 is 5.69 Å². The number of nitrogens with two attached hydrogens (primary N) is 1. The molecule has 0 radical (unpaired) electrons. The first-order valence-electron chi connectivity index (χ1n) is 10.9. The van der Waals surface area contributed by atoms with Crippen LogP contribution in [0.2, 0.25) is 0 Å². The molecule has 0 saturated carbocycles. The van der Waals surface area contributed by atoms with Gasteiger partial charge in [-0.25, -0.2) is 19.2 Å². The Labute approximate surface area is 193 Å². The standard InChI is InChI=1S/C23H23FN6O4/c1-33-18-10-14(9-16(12-31)26-18)19-20(13-4-6-15(24)7-5-13)27-22(25)30-21(19)28-29(23(30)32)11-17-3-2-8-34-17/h4-7,9-10,17,31H,2-3,8,11-12H2,1H3,(H2,25,27)/p+1/t17-/m1/s1. The number of nitrogen functional groups attached to an aromatic ring is 1. The van der Waals surface area contributed by atoms with Crippen molar-refractivity contribution < 1.29 is 24.0 Å². The number of aromatic nitrogens is 5. The molecule has 0 aliphatic carbocycles. The zero-order chi connectivity index (χ0) is 23.8. The van der Waals surface area contributed by atoms with Gasteiger partial charge in [-0.05, 0) is 48.7 Å². The number of ether oxygens (including phenoxy) is 2. The van der Waals surface area contributed by atoms with Crippen LogP contribution in [0.25, 0.3) is 28.0 Å². The molecule has 0 spiro atoms. The average Bonchev–Trinajstić information content (AvgIpc) is 3.47. The van der Waals surface area contributed by atoms with E-state index in [1.54, 1.807) is 24.3 Å². The minimum absolute atomic E-state index is 0.0741. The highest BCUT2D eigenvalue weighted by Crippen LogP contribution is 2.34. The first kappa shape index (κ1) is 22.0. The van der Waals surface area contributed by atoms with E-state index in [2.05, 4.69) is 15.1 Å². The highest BCUT2D eigenvalue weighted by atomic mass is 19.1. The SMILES string of the molecule is COc1cc(-c2c(-c3ccc(F)cc3)[nH+]c(N)n3c(=O)n(C[C@H]4CCCO4)nc23)cc(CO)n1. The third-order valence-electron chi connectivity index (χ3n) is 5.86. The number of nitrogens with zero attached hydrogens (tertiary/aromatic N) is 4. The summed E-state index contributed by atoms with van der Waals surface area (Å²) in [6.45, 7) is 0.640. The number of nitrogens with one attached hydrogen (secondary N) is 1. The lowest BCUT2D eigenvalue weighted by atomic mass is 10.00. The van der Waals surface area contributed by atoms with Crippen molar-refractivity contribution in [2.45, 2.75) is 32.1 Å². The summed E-state index contributed by atoms with van der Waals surface area (Å²) in [6, 6.07) is 9.23. The van der Waals surface area contributed by atoms with Crippen LogP contribution >= 0.6 is 0 Å². The molecule has 1 aliphatic heterocycles. The molecule has 34 heavy (non-hydrogen) atoms. The molecule has 1 saturated heterocycles. The van der Waals surface area contributed by atoms with Crippen LogP contribution in [0.5, 0.6) is 5.88 Å². The summed E-state index contributed by atoms with van der Waals surface area (Å²) in [4.78, 5) is 20.6. The number of H-pyrrole nitrogens is 1. The van der Waals surface area contributed by atoms with Gasteiger partial charge >= 0.3 is 11.6 Å². The average molecular weight is 467 g/mol. The Morgan fingerprint density at radius 2 is 2.09 bits per heavy atom. The molecular formula is C23H24FN6O4+. The van der Waals surface area contributed by atoms with E-state index in [0.717, 1.165) is 12.8 Å². The van der Waals surface area contributed by atoms with Crippen molar-refractivity contribution in [1.29, 1.82) is 0 Å². The van der Waals surface area contributed by atoms with Crippen LogP contribution in [-0.2, 0) is 17.9 Å². The largest absolute Gasteiger partial charge is 0.481 e. The molecule has 5 rings (SSSR count). The molecule has 1 aliphatic rings. The third kappa shape index (κ3) is 3.88. The molecule has 1 fully saturated rings. The summed E-state index contributed by atoms with van der Waals surface area (Å²) in [6.07, 6.45) is 1.68. The van der Waals surface area contributed by atoms with Gasteiger partial charge in [-0.1, -0.05) is 0 Å². The second-order valence-corrected chi connectivity index (χ2v) is 8.07. The Morgan fingerprint density at radius 3 is 2.76 bits per heavy atom. The van der Waals surface area contributed by atoms with Crippen molar-refractivity contribution in [3.63, 3.8) is 0 Å². The van der Waals surface area contributed by atoms with Gasteiger partial charge in [-0.3, -0.25) is 5.73 Å². The van der Waals surface area contributed by atoms with Crippen LogP contribution in [0.4, 0.5) is 10.3 Å². The van der Waals surface area contributed by atoms with E-state index in [-0.39, 0.29) is 30.4 Å². The number of aromatic amines is 1. The van der Waals surface area contributed by atoms with Crippen molar-refractivity contribution in [1.82, 2.24) is 19.2 Å². The second kappa shape index (κ2) is 8.84. The Balaban J connectivity index is 1.81. The maximum Gasteiger partial charge on any atom is 0.411 e. The van der Waals surface area contributed by atoms with Crippen LogP contribution in [0.1, 0.15) is 18.5 Å². The Hall–Kier alpha value is -3.83. The van der Waals surface area contributed by atoms with Crippen LogP contribution in [0.3, 0.4) is 0 Å². The number of hydrogen-bond donors (Lipinski definition) is 2. The Morgan fingerprint density at radius 1 is 1.29 bits per heavy atom. The topological polar surface area (TPSA) is 131 Å². The fourth-order valence-corrected chi connectivity index (χ4v) is 4.24. The van der Waals surface area contributed by atoms with Gasteiger partial charge < -0.3 is 14.6 Å². The number of methoxy groups -OCH3 is 1. The molecule has 4 aromatic rings. The molecule has 1 atom stereocenters. The van der Waals surface area contributed by atoms with Crippen LogP contribution < -0.4 is 21.1 Å². The Kier molecular flexibility index (Phi) is 5.72. The van der Waals surface area contributed by atoms with E-state index in [4.69, 9.17) is 15.2 Å². The molecule has 1 aromatic carbocycles. The van der Waals surface area contributed by atoms with Gasteiger partial charge in [0.25, 0.3) is 0 Å². The summed E-state index contributed by atoms with van der Waals surface area (Å²) in [7, 11) is 1.47. The minimum Gasteiger partial charge on any atom is -0.481 e. The van der Waals surface area contributed by atoms with Crippen molar-refractivity contribution in [3.8, 4) is 28.3 Å². The fraction of sp³-hybridized carbons (Fsp3) is 0.304. The predicted molar refractivity (Wildman–Crippen MR) is 120 cm³/mol. The van der Waals surface area contributed by atoms with Crippen LogP contribution in [0, 0.1) is 5.82 Å². The summed E-state index contributed by atoms with van der Waals surface area (Å²) in [5.74, 6) is -0.0302. The minimum atomic E-state index is -0.408. The smallest absolute Gasteiger partial charge is 0.411 e. The van der Waals surface area contributed by atoms with Gasteiger partial charge in [0.1, 0.15) is 11.5 Å². The van der Waals surface area contributed by atoms with E-state index in [0.29, 0.717) is 46.9 Å². The molecule has 176 valence electrons. The molecule has 0 amide bonds. The molecule has 10 nitrogen and oxygen atoms in total. The maximum absolute atomic E-state index is 13.6. The van der Waals surface area contributed by atoms with Gasteiger partial charge in [-0.15, -0.1) is 9.50 Å². The number of rotatable bonds is 6. The fourth-order valence-electron chi connectivity index (χ4n) is 4.24. The van der Waals surface area contributed by atoms with Gasteiger partial charge in [0.15, 0.2) is 0 Å². The zero-order valence-electron chi connectivity index (χ0n) is 18.5. The number of anilines is 1. The molecular weight excluding hydrogens is 443 g/mol. The highest BCUT2D eigenvalue weighted by molar-refractivity contribution is 5.89. The number of aliphatic hydroxyl groups excluding tert-OH is 1. The van der Waals surface area contributed by atoms with Gasteiger partial charge in [-0.2, -0.15) is 4.68 Å². The van der Waals surface area contributed by atoms with Crippen LogP contribution in [0.15, 0.2) is 41.2 Å². The van der Waals surface area contributed by atoms with E-state index in [1.165, 1.54) is 28.3 Å². The zero-order valence-corrected chi connectivity index (χ0v) is 18.5. The molecule has 4 heterocycles. The highest BCUT2D eigenvalue weighted by Gasteiger charge is 2.28. The van der Waals surface area contributed by atoms with E-state index in [1.807, 2.05) is 0 Å². The maximum atomic E-state index is 13.6.